The van der Waals surface area contributed by atoms with Crippen LogP contribution in [0.3, 0.4) is 0 Å². The molecule has 0 amide bonds. The maximum absolute atomic E-state index is 10.0. The van der Waals surface area contributed by atoms with E-state index in [1.54, 1.807) is 0 Å². The molecule has 1 saturated heterocycles. The lowest BCUT2D eigenvalue weighted by atomic mass is 9.75. The number of benzene rings is 1. The van der Waals surface area contributed by atoms with Gasteiger partial charge in [-0.15, -0.1) is 0 Å². The predicted molar refractivity (Wildman–Crippen MR) is 115 cm³/mol. The first-order chi connectivity index (χ1) is 13.4. The minimum Gasteiger partial charge on any atom is -0.396 e. The Kier molecular flexibility index (Phi) is 7.01. The molecule has 1 fully saturated rings. The largest absolute Gasteiger partial charge is 0.396 e. The quantitative estimate of drug-likeness (QED) is 0.631. The summed E-state index contributed by atoms with van der Waals surface area (Å²) in [5, 5.41) is 19.4. The maximum atomic E-state index is 10.0. The van der Waals surface area contributed by atoms with Crippen LogP contribution in [0.4, 0.5) is 0 Å². The fraction of sp³-hybridized carbons (Fsp3) is 0.680. The van der Waals surface area contributed by atoms with Gasteiger partial charge in [-0.2, -0.15) is 0 Å². The van der Waals surface area contributed by atoms with Crippen LogP contribution in [0.25, 0.3) is 5.57 Å². The van der Waals surface area contributed by atoms with Gasteiger partial charge in [0, 0.05) is 13.2 Å². The molecule has 28 heavy (non-hydrogen) atoms. The van der Waals surface area contributed by atoms with Gasteiger partial charge in [0.05, 0.1) is 12.2 Å². The lowest BCUT2D eigenvalue weighted by Crippen LogP contribution is -2.34. The average Bonchev–Trinajstić information content (AvgIpc) is 3.15. The molecule has 1 aromatic rings. The van der Waals surface area contributed by atoms with Crippen molar-refractivity contribution in [2.24, 2.45) is 5.41 Å². The summed E-state index contributed by atoms with van der Waals surface area (Å²) in [7, 11) is 0. The Balaban J connectivity index is 1.87. The van der Waals surface area contributed by atoms with Gasteiger partial charge >= 0.3 is 0 Å². The number of aryl methyl sites for hydroxylation is 1. The average molecular weight is 387 g/mol. The molecule has 2 aliphatic rings. The van der Waals surface area contributed by atoms with Crippen LogP contribution in [-0.4, -0.2) is 35.6 Å². The van der Waals surface area contributed by atoms with Gasteiger partial charge in [-0.05, 0) is 91.9 Å². The fourth-order valence-electron chi connectivity index (χ4n) is 4.84. The van der Waals surface area contributed by atoms with Crippen LogP contribution in [0.5, 0.6) is 0 Å². The van der Waals surface area contributed by atoms with E-state index in [1.807, 2.05) is 0 Å². The molecule has 1 heterocycles. The highest BCUT2D eigenvalue weighted by molar-refractivity contribution is 5.69. The standard InChI is InChI=1S/C25H38O3/c1-19-7-8-21(16-23(19)20-9-12-24(2,3)13-10-20)22(6-4-14-26)17-25(18-27)11-5-15-28-25/h7-9,16,22,26-27H,4-6,10-15,17-18H2,1-3H3/t22-,25+/m0/s1. The van der Waals surface area contributed by atoms with E-state index in [0.29, 0.717) is 11.3 Å². The number of aliphatic hydroxyl groups excluding tert-OH is 2. The lowest BCUT2D eigenvalue weighted by molar-refractivity contribution is -0.0491. The molecule has 0 aromatic heterocycles. The summed E-state index contributed by atoms with van der Waals surface area (Å²) in [6.07, 6.45) is 10.4. The Hall–Kier alpha value is -1.16. The SMILES string of the molecule is Cc1ccc([C@@H](CCCO)C[C@@]2(CO)CCCO2)cc1C1=CCC(C)(C)CC1. The first-order valence-electron chi connectivity index (χ1n) is 11.0. The summed E-state index contributed by atoms with van der Waals surface area (Å²) in [6, 6.07) is 6.87. The second-order valence-corrected chi connectivity index (χ2v) is 9.73. The normalized spacial score (nSPS) is 25.5. The van der Waals surface area contributed by atoms with Crippen molar-refractivity contribution in [3.63, 3.8) is 0 Å². The van der Waals surface area contributed by atoms with Crippen LogP contribution < -0.4 is 0 Å². The zero-order chi connectivity index (χ0) is 20.2. The number of ether oxygens (including phenoxy) is 1. The maximum Gasteiger partial charge on any atom is 0.0918 e. The predicted octanol–water partition coefficient (Wildman–Crippen LogP) is 5.38. The van der Waals surface area contributed by atoms with Crippen molar-refractivity contribution in [2.45, 2.75) is 83.7 Å². The second kappa shape index (κ2) is 9.11. The van der Waals surface area contributed by atoms with Gasteiger partial charge in [0.1, 0.15) is 0 Å². The third kappa shape index (κ3) is 5.06. The van der Waals surface area contributed by atoms with Crippen molar-refractivity contribution in [3.8, 4) is 0 Å². The molecule has 0 saturated carbocycles. The first kappa shape index (κ1) is 21.5. The topological polar surface area (TPSA) is 49.7 Å². The highest BCUT2D eigenvalue weighted by atomic mass is 16.5. The van der Waals surface area contributed by atoms with E-state index >= 15 is 0 Å². The summed E-state index contributed by atoms with van der Waals surface area (Å²) in [6.45, 7) is 7.95. The van der Waals surface area contributed by atoms with Crippen LogP contribution in [-0.2, 0) is 4.74 Å². The van der Waals surface area contributed by atoms with E-state index in [0.717, 1.165) is 51.6 Å². The Labute approximate surface area is 170 Å². The van der Waals surface area contributed by atoms with Crippen LogP contribution >= 0.6 is 0 Å². The van der Waals surface area contributed by atoms with Crippen LogP contribution in [0.2, 0.25) is 0 Å². The third-order valence-electron chi connectivity index (χ3n) is 6.85. The summed E-state index contributed by atoms with van der Waals surface area (Å²) in [5.74, 6) is 0.303. The zero-order valence-corrected chi connectivity index (χ0v) is 18.0. The molecule has 0 unspecified atom stereocenters. The van der Waals surface area contributed by atoms with Crippen LogP contribution in [0, 0.1) is 12.3 Å². The van der Waals surface area contributed by atoms with Crippen LogP contribution in [0.1, 0.15) is 87.8 Å². The molecule has 1 aliphatic carbocycles. The van der Waals surface area contributed by atoms with Crippen molar-refractivity contribution >= 4 is 5.57 Å². The van der Waals surface area contributed by atoms with E-state index in [1.165, 1.54) is 28.7 Å². The van der Waals surface area contributed by atoms with Crippen molar-refractivity contribution in [1.29, 1.82) is 0 Å². The van der Waals surface area contributed by atoms with Crippen molar-refractivity contribution in [3.05, 3.63) is 41.0 Å². The summed E-state index contributed by atoms with van der Waals surface area (Å²) < 4.78 is 5.99. The molecule has 3 heteroatoms. The van der Waals surface area contributed by atoms with E-state index < -0.39 is 5.60 Å². The number of hydrogen-bond donors (Lipinski definition) is 2. The van der Waals surface area contributed by atoms with Gasteiger partial charge in [-0.1, -0.05) is 38.1 Å². The highest BCUT2D eigenvalue weighted by Gasteiger charge is 2.37. The van der Waals surface area contributed by atoms with Gasteiger partial charge in [0.2, 0.25) is 0 Å². The Bertz CT molecular complexity index is 683. The van der Waals surface area contributed by atoms with E-state index in [4.69, 9.17) is 4.74 Å². The molecule has 0 radical (unpaired) electrons. The van der Waals surface area contributed by atoms with Crippen LogP contribution in [0.15, 0.2) is 24.3 Å². The minimum atomic E-state index is -0.403. The second-order valence-electron chi connectivity index (χ2n) is 9.73. The lowest BCUT2D eigenvalue weighted by Gasteiger charge is -2.32. The smallest absolute Gasteiger partial charge is 0.0918 e. The van der Waals surface area contributed by atoms with Gasteiger partial charge in [0.25, 0.3) is 0 Å². The first-order valence-corrected chi connectivity index (χ1v) is 11.0. The Morgan fingerprint density at radius 3 is 2.61 bits per heavy atom. The highest BCUT2D eigenvalue weighted by Crippen LogP contribution is 2.41. The van der Waals surface area contributed by atoms with E-state index in [9.17, 15) is 10.2 Å². The molecule has 0 spiro atoms. The monoisotopic (exact) mass is 386 g/mol. The summed E-state index contributed by atoms with van der Waals surface area (Å²) in [4.78, 5) is 0. The molecule has 3 nitrogen and oxygen atoms in total. The van der Waals surface area contributed by atoms with E-state index in [-0.39, 0.29) is 13.2 Å². The molecule has 1 aliphatic heterocycles. The van der Waals surface area contributed by atoms with Gasteiger partial charge < -0.3 is 14.9 Å². The third-order valence-corrected chi connectivity index (χ3v) is 6.85. The molecule has 0 bridgehead atoms. The molecule has 156 valence electrons. The van der Waals surface area contributed by atoms with Crippen molar-refractivity contribution in [2.75, 3.05) is 19.8 Å². The van der Waals surface area contributed by atoms with Gasteiger partial charge in [-0.25, -0.2) is 0 Å². The summed E-state index contributed by atoms with van der Waals surface area (Å²) in [5.41, 5.74) is 5.53. The van der Waals surface area contributed by atoms with Gasteiger partial charge in [0.15, 0.2) is 0 Å². The molecule has 1 aromatic carbocycles. The van der Waals surface area contributed by atoms with Crippen molar-refractivity contribution < 1.29 is 14.9 Å². The molecule has 3 rings (SSSR count). The fourth-order valence-corrected chi connectivity index (χ4v) is 4.84. The zero-order valence-electron chi connectivity index (χ0n) is 18.0. The number of rotatable bonds is 8. The van der Waals surface area contributed by atoms with Gasteiger partial charge in [-0.3, -0.25) is 0 Å². The molecular weight excluding hydrogens is 348 g/mol. The van der Waals surface area contributed by atoms with E-state index in [2.05, 4.69) is 45.0 Å². The number of hydrogen-bond acceptors (Lipinski definition) is 3. The number of aliphatic hydroxyl groups is 2. The summed E-state index contributed by atoms with van der Waals surface area (Å²) >= 11 is 0. The van der Waals surface area contributed by atoms with Crippen molar-refractivity contribution in [1.82, 2.24) is 0 Å². The Morgan fingerprint density at radius 1 is 1.18 bits per heavy atom. The number of allylic oxidation sites excluding steroid dienone is 2. The molecule has 2 N–H and O–H groups in total. The molecule has 2 atom stereocenters. The molecular formula is C25H38O3. The Morgan fingerprint density at radius 2 is 2.00 bits per heavy atom. The minimum absolute atomic E-state index is 0.0849.